The number of anilines is 2. The third-order valence-corrected chi connectivity index (χ3v) is 2.60. The second-order valence-corrected chi connectivity index (χ2v) is 5.43. The van der Waals surface area contributed by atoms with Crippen molar-refractivity contribution in [2.45, 2.75) is 33.6 Å². The van der Waals surface area contributed by atoms with Gasteiger partial charge in [-0.05, 0) is 5.92 Å². The molecule has 1 aromatic heterocycles. The summed E-state index contributed by atoms with van der Waals surface area (Å²) in [4.78, 5) is 8.85. The summed E-state index contributed by atoms with van der Waals surface area (Å²) in [5, 5.41) is 3.16. The Balaban J connectivity index is 2.96. The maximum atomic E-state index is 6.07. The first-order chi connectivity index (χ1) is 9.45. The molecule has 1 aromatic rings. The van der Waals surface area contributed by atoms with Crippen LogP contribution in [-0.2, 0) is 4.74 Å². The van der Waals surface area contributed by atoms with Gasteiger partial charge in [0.05, 0.1) is 13.2 Å². The quantitative estimate of drug-likeness (QED) is 0.712. The van der Waals surface area contributed by atoms with Gasteiger partial charge in [0.15, 0.2) is 5.82 Å². The average Bonchev–Trinajstić information content (AvgIpc) is 2.39. The summed E-state index contributed by atoms with van der Waals surface area (Å²) in [6.07, 6.45) is 0. The molecule has 0 atom stereocenters. The number of methoxy groups -OCH3 is 1. The molecule has 114 valence electrons. The number of hydrogen-bond acceptors (Lipinski definition) is 6. The van der Waals surface area contributed by atoms with E-state index in [4.69, 9.17) is 15.2 Å². The van der Waals surface area contributed by atoms with E-state index < -0.39 is 0 Å². The zero-order valence-corrected chi connectivity index (χ0v) is 13.1. The van der Waals surface area contributed by atoms with Crippen LogP contribution in [0.4, 0.5) is 11.5 Å². The lowest BCUT2D eigenvalue weighted by molar-refractivity contribution is 0.210. The van der Waals surface area contributed by atoms with Crippen LogP contribution in [0.15, 0.2) is 0 Å². The molecule has 0 fully saturated rings. The summed E-state index contributed by atoms with van der Waals surface area (Å²) < 4.78 is 10.7. The minimum absolute atomic E-state index is 0.208. The molecule has 0 aliphatic rings. The van der Waals surface area contributed by atoms with Crippen molar-refractivity contribution in [2.24, 2.45) is 5.92 Å². The first-order valence-corrected chi connectivity index (χ1v) is 6.98. The van der Waals surface area contributed by atoms with Crippen LogP contribution < -0.4 is 15.8 Å². The van der Waals surface area contributed by atoms with Crippen LogP contribution in [0.25, 0.3) is 0 Å². The zero-order valence-electron chi connectivity index (χ0n) is 13.1. The number of ether oxygens (including phenoxy) is 2. The molecule has 0 saturated carbocycles. The van der Waals surface area contributed by atoms with Gasteiger partial charge in [-0.15, -0.1) is 0 Å². The molecule has 0 bridgehead atoms. The van der Waals surface area contributed by atoms with Gasteiger partial charge < -0.3 is 20.5 Å². The number of nitrogen functional groups attached to an aromatic ring is 1. The monoisotopic (exact) mass is 282 g/mol. The Morgan fingerprint density at radius 3 is 2.45 bits per heavy atom. The van der Waals surface area contributed by atoms with Gasteiger partial charge in [0.1, 0.15) is 11.5 Å². The van der Waals surface area contributed by atoms with Crippen LogP contribution in [0.2, 0.25) is 0 Å². The van der Waals surface area contributed by atoms with E-state index in [9.17, 15) is 0 Å². The van der Waals surface area contributed by atoms with Gasteiger partial charge >= 0.3 is 0 Å². The lowest BCUT2D eigenvalue weighted by Crippen LogP contribution is -2.15. The highest BCUT2D eigenvalue weighted by atomic mass is 16.5. The number of hydrogen-bond donors (Lipinski definition) is 2. The van der Waals surface area contributed by atoms with E-state index in [1.807, 2.05) is 13.8 Å². The summed E-state index contributed by atoms with van der Waals surface area (Å²) in [6.45, 7) is 10.0. The normalized spacial score (nSPS) is 11.2. The van der Waals surface area contributed by atoms with E-state index >= 15 is 0 Å². The van der Waals surface area contributed by atoms with Crippen molar-refractivity contribution in [3.05, 3.63) is 5.82 Å². The van der Waals surface area contributed by atoms with Crippen molar-refractivity contribution in [3.63, 3.8) is 0 Å². The van der Waals surface area contributed by atoms with Crippen LogP contribution in [0.1, 0.15) is 39.4 Å². The molecular formula is C14H26N4O2. The standard InChI is InChI=1S/C14H26N4O2/c1-9(2)8-20-14-11(15)13(16-6-7-19-5)17-12(18-14)10(3)4/h9-10H,6-8,15H2,1-5H3,(H,16,17,18). The summed E-state index contributed by atoms with van der Waals surface area (Å²) in [5.74, 6) is 2.41. The highest BCUT2D eigenvalue weighted by Gasteiger charge is 2.15. The molecule has 0 aromatic carbocycles. The van der Waals surface area contributed by atoms with Gasteiger partial charge in [-0.2, -0.15) is 4.98 Å². The largest absolute Gasteiger partial charge is 0.476 e. The van der Waals surface area contributed by atoms with Gasteiger partial charge in [0.25, 0.3) is 0 Å². The molecule has 1 rings (SSSR count). The summed E-state index contributed by atoms with van der Waals surface area (Å²) in [6, 6.07) is 0. The maximum Gasteiger partial charge on any atom is 0.242 e. The molecule has 3 N–H and O–H groups in total. The molecular weight excluding hydrogens is 256 g/mol. The van der Waals surface area contributed by atoms with Crippen LogP contribution in [-0.4, -0.2) is 36.8 Å². The minimum atomic E-state index is 0.208. The fourth-order valence-corrected chi connectivity index (χ4v) is 1.49. The van der Waals surface area contributed by atoms with E-state index in [-0.39, 0.29) is 5.92 Å². The number of aromatic nitrogens is 2. The number of rotatable bonds is 8. The molecule has 0 radical (unpaired) electrons. The van der Waals surface area contributed by atoms with E-state index in [0.717, 1.165) is 5.82 Å². The van der Waals surface area contributed by atoms with Crippen molar-refractivity contribution in [2.75, 3.05) is 37.9 Å². The Hall–Kier alpha value is -1.56. The lowest BCUT2D eigenvalue weighted by atomic mass is 10.2. The first kappa shape index (κ1) is 16.5. The number of nitrogens with zero attached hydrogens (tertiary/aromatic N) is 2. The van der Waals surface area contributed by atoms with Gasteiger partial charge in [-0.3, -0.25) is 0 Å². The molecule has 0 aliphatic heterocycles. The summed E-state index contributed by atoms with van der Waals surface area (Å²) >= 11 is 0. The Bertz CT molecular complexity index is 422. The molecule has 0 amide bonds. The second kappa shape index (κ2) is 7.89. The maximum absolute atomic E-state index is 6.07. The molecule has 6 nitrogen and oxygen atoms in total. The summed E-state index contributed by atoms with van der Waals surface area (Å²) in [7, 11) is 1.65. The van der Waals surface area contributed by atoms with Crippen molar-refractivity contribution in [1.29, 1.82) is 0 Å². The Kier molecular flexibility index (Phi) is 6.51. The predicted octanol–water partition coefficient (Wildman–Crippen LogP) is 2.28. The van der Waals surface area contributed by atoms with E-state index in [2.05, 4.69) is 29.1 Å². The number of nitrogens with two attached hydrogens (primary N) is 1. The van der Waals surface area contributed by atoms with Crippen LogP contribution in [0.3, 0.4) is 0 Å². The topological polar surface area (TPSA) is 82.3 Å². The SMILES string of the molecule is COCCNc1nc(C(C)C)nc(OCC(C)C)c1N. The molecule has 0 unspecified atom stereocenters. The highest BCUT2D eigenvalue weighted by Crippen LogP contribution is 2.28. The van der Waals surface area contributed by atoms with Crippen molar-refractivity contribution in [3.8, 4) is 5.88 Å². The molecule has 0 aliphatic carbocycles. The molecule has 20 heavy (non-hydrogen) atoms. The Morgan fingerprint density at radius 2 is 1.90 bits per heavy atom. The number of nitrogens with one attached hydrogen (secondary N) is 1. The van der Waals surface area contributed by atoms with Crippen LogP contribution in [0.5, 0.6) is 5.88 Å². The van der Waals surface area contributed by atoms with Gasteiger partial charge in [0.2, 0.25) is 5.88 Å². The first-order valence-electron chi connectivity index (χ1n) is 6.98. The van der Waals surface area contributed by atoms with Gasteiger partial charge in [0, 0.05) is 19.6 Å². The lowest BCUT2D eigenvalue weighted by Gasteiger charge is -2.16. The Morgan fingerprint density at radius 1 is 1.20 bits per heavy atom. The highest BCUT2D eigenvalue weighted by molar-refractivity contribution is 5.67. The third kappa shape index (κ3) is 4.85. The second-order valence-electron chi connectivity index (χ2n) is 5.43. The van der Waals surface area contributed by atoms with E-state index in [0.29, 0.717) is 43.1 Å². The van der Waals surface area contributed by atoms with E-state index in [1.54, 1.807) is 7.11 Å². The Labute approximate surface area is 121 Å². The van der Waals surface area contributed by atoms with Gasteiger partial charge in [-0.1, -0.05) is 27.7 Å². The minimum Gasteiger partial charge on any atom is -0.476 e. The van der Waals surface area contributed by atoms with Gasteiger partial charge in [-0.25, -0.2) is 4.98 Å². The fourth-order valence-electron chi connectivity index (χ4n) is 1.49. The van der Waals surface area contributed by atoms with E-state index in [1.165, 1.54) is 0 Å². The van der Waals surface area contributed by atoms with Crippen LogP contribution in [0, 0.1) is 5.92 Å². The zero-order chi connectivity index (χ0) is 15.1. The molecule has 0 saturated heterocycles. The smallest absolute Gasteiger partial charge is 0.242 e. The molecule has 0 spiro atoms. The summed E-state index contributed by atoms with van der Waals surface area (Å²) in [5.41, 5.74) is 6.52. The predicted molar refractivity (Wildman–Crippen MR) is 81.2 cm³/mol. The van der Waals surface area contributed by atoms with Crippen molar-refractivity contribution >= 4 is 11.5 Å². The van der Waals surface area contributed by atoms with Crippen LogP contribution >= 0.6 is 0 Å². The van der Waals surface area contributed by atoms with Crippen molar-refractivity contribution in [1.82, 2.24) is 9.97 Å². The third-order valence-electron chi connectivity index (χ3n) is 2.60. The fraction of sp³-hybridized carbons (Fsp3) is 0.714. The molecule has 1 heterocycles. The average molecular weight is 282 g/mol. The van der Waals surface area contributed by atoms with Crippen molar-refractivity contribution < 1.29 is 9.47 Å². The molecule has 6 heteroatoms.